The van der Waals surface area contributed by atoms with E-state index in [-0.39, 0.29) is 24.4 Å². The molecule has 4 rings (SSSR count). The van der Waals surface area contributed by atoms with Crippen molar-refractivity contribution >= 4 is 11.8 Å². The second kappa shape index (κ2) is 10.8. The fourth-order valence-electron chi connectivity index (χ4n) is 5.23. The smallest absolute Gasteiger partial charge is 0.416 e. The highest BCUT2D eigenvalue weighted by Gasteiger charge is 2.43. The summed E-state index contributed by atoms with van der Waals surface area (Å²) in [5, 5.41) is 3.29. The van der Waals surface area contributed by atoms with Crippen LogP contribution in [-0.2, 0) is 27.1 Å². The normalized spacial score (nSPS) is 18.9. The number of benzene rings is 2. The molecular weight excluding hydrogens is 511 g/mol. The summed E-state index contributed by atoms with van der Waals surface area (Å²) in [4.78, 5) is 26.5. The summed E-state index contributed by atoms with van der Waals surface area (Å²) < 4.78 is 56.0. The molecule has 1 aliphatic heterocycles. The molecule has 6 nitrogen and oxygen atoms in total. The second-order valence-electron chi connectivity index (χ2n) is 10.5. The Morgan fingerprint density at radius 2 is 1.85 bits per heavy atom. The molecule has 0 spiro atoms. The van der Waals surface area contributed by atoms with Gasteiger partial charge >= 0.3 is 12.1 Å². The van der Waals surface area contributed by atoms with Gasteiger partial charge in [-0.3, -0.25) is 4.79 Å². The van der Waals surface area contributed by atoms with Crippen LogP contribution in [0.1, 0.15) is 63.1 Å². The molecule has 1 heterocycles. The second-order valence-corrected chi connectivity index (χ2v) is 10.5. The van der Waals surface area contributed by atoms with Crippen LogP contribution in [-0.4, -0.2) is 25.5 Å². The number of carbonyl (C=O) groups is 2. The minimum Gasteiger partial charge on any atom is -0.493 e. The van der Waals surface area contributed by atoms with Gasteiger partial charge in [0.05, 0.1) is 24.9 Å². The molecule has 0 unspecified atom stereocenters. The van der Waals surface area contributed by atoms with E-state index < -0.39 is 23.6 Å². The van der Waals surface area contributed by atoms with Crippen LogP contribution < -0.4 is 14.8 Å². The third-order valence-corrected chi connectivity index (χ3v) is 6.90. The van der Waals surface area contributed by atoms with Crippen molar-refractivity contribution < 1.29 is 37.0 Å². The van der Waals surface area contributed by atoms with Crippen molar-refractivity contribution in [2.24, 2.45) is 5.41 Å². The van der Waals surface area contributed by atoms with E-state index >= 15 is 0 Å². The van der Waals surface area contributed by atoms with Gasteiger partial charge < -0.3 is 19.5 Å². The van der Waals surface area contributed by atoms with Crippen LogP contribution in [0.5, 0.6) is 11.5 Å². The first-order valence-electron chi connectivity index (χ1n) is 12.7. The quantitative estimate of drug-likeness (QED) is 0.404. The highest BCUT2D eigenvalue weighted by atomic mass is 19.4. The molecule has 2 aromatic rings. The monoisotopic (exact) mass is 543 g/mol. The number of alkyl halides is 3. The van der Waals surface area contributed by atoms with Crippen molar-refractivity contribution in [3.05, 3.63) is 81.7 Å². The molecule has 0 fully saturated rings. The molecule has 0 aromatic heterocycles. The van der Waals surface area contributed by atoms with Crippen LogP contribution in [0.4, 0.5) is 13.2 Å². The number of esters is 1. The van der Waals surface area contributed by atoms with Gasteiger partial charge in [-0.1, -0.05) is 32.0 Å². The van der Waals surface area contributed by atoms with Gasteiger partial charge in [-0.15, -0.1) is 0 Å². The highest BCUT2D eigenvalue weighted by Crippen LogP contribution is 2.48. The number of halogens is 3. The highest BCUT2D eigenvalue weighted by molar-refractivity contribution is 6.04. The molecule has 0 amide bonds. The largest absolute Gasteiger partial charge is 0.493 e. The van der Waals surface area contributed by atoms with E-state index in [2.05, 4.69) is 5.32 Å². The summed E-state index contributed by atoms with van der Waals surface area (Å²) in [6.07, 6.45) is -3.46. The van der Waals surface area contributed by atoms with Gasteiger partial charge in [-0.25, -0.2) is 4.79 Å². The standard InChI is InChI=1S/C30H32F3NO5/c1-6-38-28(36)25-17(2)34-21-14-29(3,4)15-22(35)27(21)26(25)19-10-11-23(24(13-19)37-5)39-16-18-8-7-9-20(12-18)30(31,32)33/h7-13,26,34H,6,14-16H2,1-5H3/t26-/m0/s1. The van der Waals surface area contributed by atoms with Crippen LogP contribution in [0, 0.1) is 5.41 Å². The Morgan fingerprint density at radius 3 is 2.51 bits per heavy atom. The maximum atomic E-state index is 13.4. The van der Waals surface area contributed by atoms with E-state index in [1.807, 2.05) is 13.8 Å². The van der Waals surface area contributed by atoms with Gasteiger partial charge in [0.2, 0.25) is 0 Å². The summed E-state index contributed by atoms with van der Waals surface area (Å²) in [6.45, 7) is 7.65. The number of allylic oxidation sites excluding steroid dienone is 3. The Morgan fingerprint density at radius 1 is 1.10 bits per heavy atom. The summed E-state index contributed by atoms with van der Waals surface area (Å²) in [5.41, 5.74) is 2.29. The number of rotatable bonds is 7. The molecule has 0 bridgehead atoms. The van der Waals surface area contributed by atoms with E-state index in [1.54, 1.807) is 38.1 Å². The number of carbonyl (C=O) groups excluding carboxylic acids is 2. The van der Waals surface area contributed by atoms with Crippen molar-refractivity contribution in [1.29, 1.82) is 0 Å². The van der Waals surface area contributed by atoms with Crippen LogP contribution in [0.25, 0.3) is 0 Å². The molecule has 0 saturated carbocycles. The van der Waals surface area contributed by atoms with Gasteiger partial charge in [0.1, 0.15) is 6.61 Å². The molecule has 2 aromatic carbocycles. The first-order valence-corrected chi connectivity index (χ1v) is 12.7. The van der Waals surface area contributed by atoms with Crippen molar-refractivity contribution in [2.45, 2.75) is 59.2 Å². The minimum atomic E-state index is -4.45. The number of ether oxygens (including phenoxy) is 3. The maximum Gasteiger partial charge on any atom is 0.416 e. The van der Waals surface area contributed by atoms with Crippen molar-refractivity contribution in [3.8, 4) is 11.5 Å². The van der Waals surface area contributed by atoms with Gasteiger partial charge in [0.15, 0.2) is 17.3 Å². The first kappa shape index (κ1) is 28.3. The number of ketones is 1. The Labute approximate surface area is 225 Å². The third-order valence-electron chi connectivity index (χ3n) is 6.90. The zero-order valence-corrected chi connectivity index (χ0v) is 22.6. The summed E-state index contributed by atoms with van der Waals surface area (Å²) in [6, 6.07) is 10.0. The van der Waals surface area contributed by atoms with Crippen molar-refractivity contribution in [1.82, 2.24) is 5.32 Å². The molecule has 2 aliphatic rings. The number of hydrogen-bond donors (Lipinski definition) is 1. The average Bonchev–Trinajstić information content (AvgIpc) is 2.85. The maximum absolute atomic E-state index is 13.4. The third kappa shape index (κ3) is 5.97. The number of methoxy groups -OCH3 is 1. The van der Waals surface area contributed by atoms with Gasteiger partial charge in [-0.2, -0.15) is 13.2 Å². The Hall–Kier alpha value is -3.75. The Bertz CT molecular complexity index is 1360. The Balaban J connectivity index is 1.71. The lowest BCUT2D eigenvalue weighted by atomic mass is 9.68. The first-order chi connectivity index (χ1) is 18.3. The van der Waals surface area contributed by atoms with Gasteiger partial charge in [-0.05, 0) is 61.1 Å². The lowest BCUT2D eigenvalue weighted by Gasteiger charge is -2.39. The van der Waals surface area contributed by atoms with Crippen molar-refractivity contribution in [2.75, 3.05) is 13.7 Å². The van der Waals surface area contributed by atoms with Gasteiger partial charge in [0.25, 0.3) is 0 Å². The number of hydrogen-bond acceptors (Lipinski definition) is 6. The zero-order valence-electron chi connectivity index (χ0n) is 22.6. The molecule has 1 N–H and O–H groups in total. The topological polar surface area (TPSA) is 73.9 Å². The van der Waals surface area contributed by atoms with E-state index in [0.717, 1.165) is 17.8 Å². The van der Waals surface area contributed by atoms with E-state index in [0.29, 0.717) is 52.3 Å². The lowest BCUT2D eigenvalue weighted by Crippen LogP contribution is -2.38. The summed E-state index contributed by atoms with van der Waals surface area (Å²) in [5.74, 6) is -0.589. The van der Waals surface area contributed by atoms with Crippen LogP contribution in [0.2, 0.25) is 0 Å². The summed E-state index contributed by atoms with van der Waals surface area (Å²) >= 11 is 0. The molecule has 9 heteroatoms. The van der Waals surface area contributed by atoms with E-state index in [4.69, 9.17) is 14.2 Å². The lowest BCUT2D eigenvalue weighted by molar-refractivity contribution is -0.139. The average molecular weight is 544 g/mol. The fraction of sp³-hybridized carbons (Fsp3) is 0.400. The molecule has 0 saturated heterocycles. The van der Waals surface area contributed by atoms with E-state index in [1.165, 1.54) is 13.2 Å². The molecular formula is C30H32F3NO5. The zero-order chi connectivity index (χ0) is 28.5. The molecule has 208 valence electrons. The molecule has 0 radical (unpaired) electrons. The Kier molecular flexibility index (Phi) is 7.82. The van der Waals surface area contributed by atoms with Crippen LogP contribution >= 0.6 is 0 Å². The number of nitrogens with one attached hydrogen (secondary N) is 1. The fourth-order valence-corrected chi connectivity index (χ4v) is 5.23. The molecule has 39 heavy (non-hydrogen) atoms. The molecule has 1 atom stereocenters. The number of dihydropyridines is 1. The SMILES string of the molecule is CCOC(=O)C1=C(C)NC2=C(C(=O)CC(C)(C)C2)[C@H]1c1ccc(OCc2cccc(C(F)(F)F)c2)c(OC)c1. The van der Waals surface area contributed by atoms with Crippen molar-refractivity contribution in [3.63, 3.8) is 0 Å². The minimum absolute atomic E-state index is 0.0445. The number of Topliss-reactive ketones (excluding diaryl/α,β-unsaturated/α-hetero) is 1. The predicted octanol–water partition coefficient (Wildman–Crippen LogP) is 6.46. The summed E-state index contributed by atoms with van der Waals surface area (Å²) in [7, 11) is 1.45. The predicted molar refractivity (Wildman–Crippen MR) is 139 cm³/mol. The molecule has 1 aliphatic carbocycles. The van der Waals surface area contributed by atoms with Crippen LogP contribution in [0.3, 0.4) is 0 Å². The van der Waals surface area contributed by atoms with Crippen LogP contribution in [0.15, 0.2) is 65.0 Å². The van der Waals surface area contributed by atoms with E-state index in [9.17, 15) is 22.8 Å². The van der Waals surface area contributed by atoms with Gasteiger partial charge in [0, 0.05) is 29.3 Å².